The zero-order valence-corrected chi connectivity index (χ0v) is 43.0. The van der Waals surface area contributed by atoms with Gasteiger partial charge in [-0.1, -0.05) is 210 Å². The predicted octanol–water partition coefficient (Wildman–Crippen LogP) is 15.6. The molecule has 0 bridgehead atoms. The summed E-state index contributed by atoms with van der Waals surface area (Å²) in [6.07, 6.45) is 59.2. The fraction of sp³-hybridized carbons (Fsp3) is 0.833. The van der Waals surface area contributed by atoms with Crippen molar-refractivity contribution in [2.75, 3.05) is 40.9 Å². The van der Waals surface area contributed by atoms with Crippen molar-refractivity contribution in [1.82, 2.24) is 5.32 Å². The Balaban J connectivity index is 4.38. The van der Waals surface area contributed by atoms with Crippen LogP contribution in [0.4, 0.5) is 0 Å². The summed E-state index contributed by atoms with van der Waals surface area (Å²) in [6, 6.07) is -0.874. The van der Waals surface area contributed by atoms with Crippen LogP contribution in [0, 0.1) is 0 Å². The number of hydrogen-bond acceptors (Lipinski definition) is 5. The van der Waals surface area contributed by atoms with Crippen LogP contribution in [-0.2, 0) is 18.4 Å². The zero-order chi connectivity index (χ0) is 46.4. The number of hydrogen-bond donors (Lipinski definition) is 3. The van der Waals surface area contributed by atoms with Crippen molar-refractivity contribution in [2.24, 2.45) is 0 Å². The van der Waals surface area contributed by atoms with Crippen LogP contribution in [0.3, 0.4) is 0 Å². The highest BCUT2D eigenvalue weighted by molar-refractivity contribution is 7.47. The number of nitrogens with zero attached hydrogens (tertiary/aromatic N) is 1. The molecule has 0 radical (unpaired) electrons. The van der Waals surface area contributed by atoms with Gasteiger partial charge in [0.2, 0.25) is 5.91 Å². The van der Waals surface area contributed by atoms with Gasteiger partial charge >= 0.3 is 7.82 Å². The number of phosphoric acid groups is 1. The summed E-state index contributed by atoms with van der Waals surface area (Å²) in [5.41, 5.74) is 0. The average molecular weight is 908 g/mol. The summed E-state index contributed by atoms with van der Waals surface area (Å²) in [7, 11) is 1.54. The molecule has 0 aliphatic heterocycles. The summed E-state index contributed by atoms with van der Waals surface area (Å²) in [5, 5.41) is 13.9. The molecule has 0 rings (SSSR count). The highest BCUT2D eigenvalue weighted by Crippen LogP contribution is 2.43. The first-order chi connectivity index (χ1) is 30.5. The first kappa shape index (κ1) is 61.5. The third-order valence-electron chi connectivity index (χ3n) is 11.7. The van der Waals surface area contributed by atoms with Crippen molar-refractivity contribution < 1.29 is 32.9 Å². The summed E-state index contributed by atoms with van der Waals surface area (Å²) in [4.78, 5) is 23.2. The fourth-order valence-electron chi connectivity index (χ4n) is 7.54. The number of aliphatic hydroxyl groups is 1. The van der Waals surface area contributed by atoms with Crippen LogP contribution in [-0.4, -0.2) is 73.4 Å². The number of allylic oxidation sites excluding steroid dienone is 7. The van der Waals surface area contributed by atoms with Gasteiger partial charge in [-0.2, -0.15) is 0 Å². The highest BCUT2D eigenvalue weighted by Gasteiger charge is 2.27. The Labute approximate surface area is 390 Å². The Morgan fingerprint density at radius 3 is 1.27 bits per heavy atom. The standard InChI is InChI=1S/C54H103N2O6P/c1-6-8-10-12-14-16-18-20-22-24-26-27-28-29-30-31-33-35-37-39-41-43-45-47-53(57)52(51-62-63(59,60)61-50-49-56(3,4)5)55-54(58)48-46-44-42-40-38-36-34-32-25-23-21-19-17-15-13-11-9-7-2/h30-32,34,37,39,45,47,52-53,57H,6-29,33,35-36,38,40-44,46,48-51H2,1-5H3,(H-,55,58,59,60)/p+1/b31-30+,34-32-,39-37+,47-45+. The Morgan fingerprint density at radius 1 is 0.524 bits per heavy atom. The molecule has 63 heavy (non-hydrogen) atoms. The van der Waals surface area contributed by atoms with E-state index in [0.717, 1.165) is 57.8 Å². The summed E-state index contributed by atoms with van der Waals surface area (Å²) < 4.78 is 23.6. The highest BCUT2D eigenvalue weighted by atomic mass is 31.2. The topological polar surface area (TPSA) is 105 Å². The van der Waals surface area contributed by atoms with E-state index in [-0.39, 0.29) is 19.1 Å². The lowest BCUT2D eigenvalue weighted by molar-refractivity contribution is -0.870. The molecule has 0 aliphatic rings. The number of quaternary nitrogens is 1. The molecule has 0 saturated heterocycles. The lowest BCUT2D eigenvalue weighted by Gasteiger charge is -2.25. The van der Waals surface area contributed by atoms with Crippen LogP contribution < -0.4 is 5.32 Å². The monoisotopic (exact) mass is 908 g/mol. The minimum atomic E-state index is -4.36. The van der Waals surface area contributed by atoms with E-state index in [1.807, 2.05) is 27.2 Å². The van der Waals surface area contributed by atoms with E-state index in [1.54, 1.807) is 6.08 Å². The molecule has 0 spiro atoms. The summed E-state index contributed by atoms with van der Waals surface area (Å²) in [6.45, 7) is 4.79. The van der Waals surface area contributed by atoms with E-state index in [0.29, 0.717) is 17.4 Å². The average Bonchev–Trinajstić information content (AvgIpc) is 3.24. The number of carbonyl (C=O) groups is 1. The zero-order valence-electron chi connectivity index (χ0n) is 42.1. The van der Waals surface area contributed by atoms with Crippen molar-refractivity contribution >= 4 is 13.7 Å². The molecule has 1 amide bonds. The van der Waals surface area contributed by atoms with Gasteiger partial charge in [0.15, 0.2) is 0 Å². The molecule has 0 aromatic carbocycles. The molecule has 0 fully saturated rings. The molecule has 8 nitrogen and oxygen atoms in total. The van der Waals surface area contributed by atoms with Crippen molar-refractivity contribution in [3.05, 3.63) is 48.6 Å². The largest absolute Gasteiger partial charge is 0.472 e. The van der Waals surface area contributed by atoms with Crippen LogP contribution in [0.1, 0.15) is 239 Å². The van der Waals surface area contributed by atoms with Crippen LogP contribution >= 0.6 is 7.82 Å². The molecule has 3 N–H and O–H groups in total. The van der Waals surface area contributed by atoms with E-state index in [4.69, 9.17) is 9.05 Å². The quantitative estimate of drug-likeness (QED) is 0.0243. The summed E-state index contributed by atoms with van der Waals surface area (Å²) in [5.74, 6) is -0.199. The second-order valence-corrected chi connectivity index (χ2v) is 20.7. The van der Waals surface area contributed by atoms with Crippen LogP contribution in [0.15, 0.2) is 48.6 Å². The van der Waals surface area contributed by atoms with E-state index in [1.165, 1.54) is 161 Å². The van der Waals surface area contributed by atoms with E-state index >= 15 is 0 Å². The van der Waals surface area contributed by atoms with Crippen molar-refractivity contribution in [3.8, 4) is 0 Å². The first-order valence-electron chi connectivity index (χ1n) is 26.5. The van der Waals surface area contributed by atoms with Gasteiger partial charge in [0, 0.05) is 6.42 Å². The SMILES string of the molecule is CCCCCCCCCCC/C=C\CCCCCCCC(=O)NC(COP(=O)(O)OCC[N+](C)(C)C)C(O)/C=C/CC/C=C/CC/C=C/CCCCCCCCCCCCCCC. The second kappa shape index (κ2) is 45.6. The van der Waals surface area contributed by atoms with Gasteiger partial charge in [0.25, 0.3) is 0 Å². The number of carbonyl (C=O) groups excluding carboxylic acids is 1. The molecular formula is C54H104N2O6P+. The van der Waals surface area contributed by atoms with Crippen molar-refractivity contribution in [1.29, 1.82) is 0 Å². The molecule has 9 heteroatoms. The predicted molar refractivity (Wildman–Crippen MR) is 272 cm³/mol. The van der Waals surface area contributed by atoms with E-state index < -0.39 is 20.0 Å². The van der Waals surface area contributed by atoms with Gasteiger partial charge in [0.1, 0.15) is 13.2 Å². The Kier molecular flexibility index (Phi) is 44.5. The maximum atomic E-state index is 12.9. The third kappa shape index (κ3) is 48.2. The second-order valence-electron chi connectivity index (χ2n) is 19.2. The van der Waals surface area contributed by atoms with Crippen LogP contribution in [0.25, 0.3) is 0 Å². The normalized spacial score (nSPS) is 14.5. The molecule has 0 aromatic heterocycles. The van der Waals surface area contributed by atoms with Gasteiger partial charge in [-0.05, 0) is 70.6 Å². The molecular weight excluding hydrogens is 804 g/mol. The molecule has 3 unspecified atom stereocenters. The third-order valence-corrected chi connectivity index (χ3v) is 12.7. The van der Waals surface area contributed by atoms with Gasteiger partial charge in [0.05, 0.1) is 39.9 Å². The first-order valence-corrected chi connectivity index (χ1v) is 28.0. The minimum Gasteiger partial charge on any atom is -0.387 e. The summed E-state index contributed by atoms with van der Waals surface area (Å²) >= 11 is 0. The van der Waals surface area contributed by atoms with Crippen molar-refractivity contribution in [2.45, 2.75) is 251 Å². The number of rotatable bonds is 48. The molecule has 0 heterocycles. The number of likely N-dealkylation sites (N-methyl/N-ethyl adjacent to an activating group) is 1. The van der Waals surface area contributed by atoms with Crippen LogP contribution in [0.5, 0.6) is 0 Å². The number of aliphatic hydroxyl groups excluding tert-OH is 1. The molecule has 0 aliphatic carbocycles. The smallest absolute Gasteiger partial charge is 0.387 e. The number of phosphoric ester groups is 1. The molecule has 0 aromatic rings. The maximum Gasteiger partial charge on any atom is 0.472 e. The van der Waals surface area contributed by atoms with Gasteiger partial charge in [-0.3, -0.25) is 13.8 Å². The van der Waals surface area contributed by atoms with E-state index in [9.17, 15) is 19.4 Å². The number of unbranched alkanes of at least 4 members (excludes halogenated alkanes) is 29. The van der Waals surface area contributed by atoms with Crippen LogP contribution in [0.2, 0.25) is 0 Å². The van der Waals surface area contributed by atoms with Gasteiger partial charge < -0.3 is 19.8 Å². The Morgan fingerprint density at radius 2 is 0.873 bits per heavy atom. The maximum absolute atomic E-state index is 12.9. The molecule has 3 atom stereocenters. The minimum absolute atomic E-state index is 0.0513. The Bertz CT molecular complexity index is 1170. The van der Waals surface area contributed by atoms with E-state index in [2.05, 4.69) is 55.6 Å². The van der Waals surface area contributed by atoms with Gasteiger partial charge in [-0.15, -0.1) is 0 Å². The molecule has 0 saturated carbocycles. The molecule has 370 valence electrons. The number of nitrogens with one attached hydrogen (secondary N) is 1. The number of amides is 1. The lowest BCUT2D eigenvalue weighted by atomic mass is 10.0. The van der Waals surface area contributed by atoms with Crippen molar-refractivity contribution in [3.63, 3.8) is 0 Å². The fourth-order valence-corrected chi connectivity index (χ4v) is 8.27. The Hall–Kier alpha value is -1.54. The van der Waals surface area contributed by atoms with Gasteiger partial charge in [-0.25, -0.2) is 4.57 Å². The lowest BCUT2D eigenvalue weighted by Crippen LogP contribution is -2.45.